The number of carbonyl (C=O) groups is 2. The van der Waals surface area contributed by atoms with E-state index >= 15 is 0 Å². The molecular weight excluding hydrogens is 635 g/mol. The number of unbranched alkanes of at least 4 members (excludes halogenated alkanes) is 4. The Morgan fingerprint density at radius 1 is 0.800 bits per heavy atom. The van der Waals surface area contributed by atoms with E-state index in [0.29, 0.717) is 41.0 Å². The van der Waals surface area contributed by atoms with Crippen LogP contribution in [0.3, 0.4) is 0 Å². The lowest BCUT2D eigenvalue weighted by molar-refractivity contribution is -0.674. The number of aromatic nitrogens is 2. The Balaban J connectivity index is 1.70. The lowest BCUT2D eigenvalue weighted by Gasteiger charge is -2.24. The van der Waals surface area contributed by atoms with Crippen LogP contribution in [0.5, 0.6) is 0 Å². The quantitative estimate of drug-likeness (QED) is 0.136. The number of benzene rings is 2. The van der Waals surface area contributed by atoms with Crippen molar-refractivity contribution in [2.24, 2.45) is 0 Å². The molecule has 0 fully saturated rings. The number of allylic oxidation sites excluding steroid dienone is 2. The molecule has 0 spiro atoms. The summed E-state index contributed by atoms with van der Waals surface area (Å²) in [5, 5.41) is 23.5. The summed E-state index contributed by atoms with van der Waals surface area (Å²) in [5.41, 5.74) is 5.06. The zero-order valence-electron chi connectivity index (χ0n) is 26.1. The minimum absolute atomic E-state index is 0.0531. The highest BCUT2D eigenvalue weighted by Crippen LogP contribution is 2.44. The van der Waals surface area contributed by atoms with Crippen LogP contribution in [0.15, 0.2) is 42.2 Å². The van der Waals surface area contributed by atoms with Crippen LogP contribution < -0.4 is 24.6 Å². The van der Waals surface area contributed by atoms with Gasteiger partial charge in [-0.3, -0.25) is 0 Å². The predicted molar refractivity (Wildman–Crippen MR) is 178 cm³/mol. The average Bonchev–Trinajstić information content (AvgIpc) is 3.42. The molecule has 8 nitrogen and oxygen atoms in total. The first kappa shape index (κ1) is 34.7. The molecule has 11 heteroatoms. The Morgan fingerprint density at radius 2 is 1.44 bits per heavy atom. The number of nitrogens with zero attached hydrogens (tertiary/aromatic N) is 4. The zero-order chi connectivity index (χ0) is 32.7. The highest BCUT2D eigenvalue weighted by Gasteiger charge is 2.31. The van der Waals surface area contributed by atoms with Gasteiger partial charge in [-0.25, -0.2) is 9.13 Å². The van der Waals surface area contributed by atoms with E-state index in [4.69, 9.17) is 34.8 Å². The van der Waals surface area contributed by atoms with Gasteiger partial charge in [0.1, 0.15) is 5.82 Å². The Hall–Kier alpha value is -3.20. The fraction of sp³-hybridized carbons (Fsp3) is 0.441. The van der Waals surface area contributed by atoms with Crippen molar-refractivity contribution in [3.8, 4) is 0 Å². The number of hydrogen-bond donors (Lipinski definition) is 0. The number of hydrogen-bond acceptors (Lipinski definition) is 6. The Morgan fingerprint density at radius 3 is 2.09 bits per heavy atom. The summed E-state index contributed by atoms with van der Waals surface area (Å²) in [6.07, 6.45) is 10.7. The van der Waals surface area contributed by atoms with Crippen LogP contribution in [0.1, 0.15) is 76.6 Å². The third-order valence-corrected chi connectivity index (χ3v) is 9.32. The molecule has 0 saturated carbocycles. The number of anilines is 2. The number of carbonyl (C=O) groups excluding carboxylic acids is 2. The first-order chi connectivity index (χ1) is 21.6. The van der Waals surface area contributed by atoms with E-state index in [-0.39, 0.29) is 12.8 Å². The molecule has 1 aromatic heterocycles. The van der Waals surface area contributed by atoms with Gasteiger partial charge in [-0.2, -0.15) is 0 Å². The van der Waals surface area contributed by atoms with Crippen LogP contribution in [-0.4, -0.2) is 29.6 Å². The van der Waals surface area contributed by atoms with E-state index in [1.807, 2.05) is 25.1 Å². The molecule has 0 radical (unpaired) electrons. The molecule has 1 aliphatic rings. The SMILES string of the molecule is CCN1C(=CC=Cc2n(CC)c3cc(Cl)c(Cl)cc3[n+]2CCCCCC(=O)[O-])N(CCCCCC(=O)[O-])c2cc(C)c(Cl)cc21. The maximum atomic E-state index is 10.9. The smallest absolute Gasteiger partial charge is 0.282 e. The number of aryl methyl sites for hydroxylation is 3. The number of carboxylic acid groups (broad SMARTS) is 2. The van der Waals surface area contributed by atoms with E-state index in [0.717, 1.165) is 78.4 Å². The number of fused-ring (bicyclic) bond motifs is 2. The summed E-state index contributed by atoms with van der Waals surface area (Å²) in [4.78, 5) is 26.3. The van der Waals surface area contributed by atoms with Crippen molar-refractivity contribution >= 4 is 75.2 Å². The highest BCUT2D eigenvalue weighted by atomic mass is 35.5. The fourth-order valence-corrected chi connectivity index (χ4v) is 6.45. The normalized spacial score (nSPS) is 14.0. The van der Waals surface area contributed by atoms with Crippen LogP contribution in [0.2, 0.25) is 15.1 Å². The second kappa shape index (κ2) is 15.9. The number of carboxylic acids is 2. The van der Waals surface area contributed by atoms with E-state index in [1.54, 1.807) is 0 Å². The van der Waals surface area contributed by atoms with Crippen molar-refractivity contribution in [1.29, 1.82) is 0 Å². The molecule has 45 heavy (non-hydrogen) atoms. The molecule has 1 aliphatic heterocycles. The summed E-state index contributed by atoms with van der Waals surface area (Å²) >= 11 is 19.5. The van der Waals surface area contributed by atoms with Gasteiger partial charge in [-0.1, -0.05) is 47.3 Å². The van der Waals surface area contributed by atoms with Crippen molar-refractivity contribution in [3.05, 3.63) is 68.7 Å². The molecule has 0 N–H and O–H groups in total. The van der Waals surface area contributed by atoms with E-state index in [1.165, 1.54) is 0 Å². The minimum atomic E-state index is -1.03. The minimum Gasteiger partial charge on any atom is -0.550 e. The van der Waals surface area contributed by atoms with Gasteiger partial charge >= 0.3 is 0 Å². The van der Waals surface area contributed by atoms with Crippen LogP contribution in [-0.2, 0) is 22.7 Å². The largest absolute Gasteiger partial charge is 0.550 e. The predicted octanol–water partition coefficient (Wildman–Crippen LogP) is 6.04. The second-order valence-electron chi connectivity index (χ2n) is 11.2. The van der Waals surface area contributed by atoms with Crippen molar-refractivity contribution < 1.29 is 24.4 Å². The Labute approximate surface area is 280 Å². The first-order valence-corrected chi connectivity index (χ1v) is 16.7. The zero-order valence-corrected chi connectivity index (χ0v) is 28.4. The van der Waals surface area contributed by atoms with Gasteiger partial charge in [-0.15, -0.1) is 0 Å². The summed E-state index contributed by atoms with van der Waals surface area (Å²) in [6.45, 7) is 9.06. The molecule has 2 aromatic carbocycles. The van der Waals surface area contributed by atoms with Crippen molar-refractivity contribution in [1.82, 2.24) is 4.57 Å². The lowest BCUT2D eigenvalue weighted by atomic mass is 10.1. The van der Waals surface area contributed by atoms with Gasteiger partial charge in [0.05, 0.1) is 34.5 Å². The summed E-state index contributed by atoms with van der Waals surface area (Å²) in [7, 11) is 0. The van der Waals surface area contributed by atoms with Crippen LogP contribution in [0.25, 0.3) is 17.1 Å². The maximum Gasteiger partial charge on any atom is 0.282 e. The molecule has 242 valence electrons. The molecule has 0 saturated heterocycles. The third-order valence-electron chi connectivity index (χ3n) is 8.19. The number of halogens is 3. The monoisotopic (exact) mass is 673 g/mol. The van der Waals surface area contributed by atoms with Crippen LogP contribution >= 0.6 is 34.8 Å². The molecule has 0 bridgehead atoms. The van der Waals surface area contributed by atoms with Gasteiger partial charge in [0.2, 0.25) is 0 Å². The molecule has 2 heterocycles. The summed E-state index contributed by atoms with van der Waals surface area (Å²) in [6, 6.07) is 7.91. The third kappa shape index (κ3) is 8.15. The van der Waals surface area contributed by atoms with E-state index < -0.39 is 11.9 Å². The molecule has 4 rings (SSSR count). The Kier molecular flexibility index (Phi) is 12.2. The molecule has 3 aromatic rings. The van der Waals surface area contributed by atoms with Gasteiger partial charge in [0.25, 0.3) is 5.82 Å². The molecular formula is C34H40Cl3N4O4-. The number of aliphatic carboxylic acids is 2. The molecule has 0 amide bonds. The lowest BCUT2D eigenvalue weighted by Crippen LogP contribution is -2.36. The average molecular weight is 675 g/mol. The second-order valence-corrected chi connectivity index (χ2v) is 12.5. The summed E-state index contributed by atoms with van der Waals surface area (Å²) < 4.78 is 4.42. The van der Waals surface area contributed by atoms with Gasteiger partial charge < -0.3 is 29.6 Å². The van der Waals surface area contributed by atoms with E-state index in [9.17, 15) is 19.8 Å². The van der Waals surface area contributed by atoms with Crippen molar-refractivity contribution in [2.45, 2.75) is 85.2 Å². The number of imidazole rings is 1. The number of rotatable bonds is 16. The first-order valence-electron chi connectivity index (χ1n) is 15.6. The maximum absolute atomic E-state index is 10.9. The molecule has 0 aliphatic carbocycles. The highest BCUT2D eigenvalue weighted by molar-refractivity contribution is 6.42. The van der Waals surface area contributed by atoms with Gasteiger partial charge in [0.15, 0.2) is 11.0 Å². The standard InChI is InChI=1S/C34H41Cl3N4O4/c1-4-38-28-20-24(35)23(3)19-27(28)40(17-10-6-8-15-33(42)43)31(38)13-12-14-32-39(5-2)29-21-25(36)26(37)22-30(29)41(32)18-11-7-9-16-34(44)45/h12-14,19-22H,4-11,15-18H2,1-3H3,(H-,42,43,44,45)/p-1. The van der Waals surface area contributed by atoms with Gasteiger partial charge in [0, 0.05) is 48.3 Å². The van der Waals surface area contributed by atoms with E-state index in [2.05, 4.69) is 57.1 Å². The van der Waals surface area contributed by atoms with Gasteiger partial charge in [-0.05, 0) is 89.5 Å². The topological polar surface area (TPSA) is 95.6 Å². The Bertz CT molecular complexity index is 1610. The van der Waals surface area contributed by atoms with Crippen LogP contribution in [0, 0.1) is 6.92 Å². The van der Waals surface area contributed by atoms with Crippen molar-refractivity contribution in [3.63, 3.8) is 0 Å². The van der Waals surface area contributed by atoms with Crippen LogP contribution in [0.4, 0.5) is 11.4 Å². The molecule has 0 atom stereocenters. The fourth-order valence-electron chi connectivity index (χ4n) is 5.98. The molecule has 0 unspecified atom stereocenters. The summed E-state index contributed by atoms with van der Waals surface area (Å²) in [5.74, 6) is -0.0423. The van der Waals surface area contributed by atoms with Crippen molar-refractivity contribution in [2.75, 3.05) is 22.9 Å².